The lowest BCUT2D eigenvalue weighted by Crippen LogP contribution is -2.20. The zero-order valence-electron chi connectivity index (χ0n) is 26.3. The van der Waals surface area contributed by atoms with E-state index in [1.54, 1.807) is 0 Å². The second kappa shape index (κ2) is 5.95. The Labute approximate surface area is 142 Å². The van der Waals surface area contributed by atoms with Crippen LogP contribution in [0, 0.1) is 0 Å². The van der Waals surface area contributed by atoms with Gasteiger partial charge in [-0.15, -0.1) is 0 Å². The zero-order valence-corrected chi connectivity index (χ0v) is 11.1. The van der Waals surface area contributed by atoms with E-state index in [0.29, 0.717) is 7.05 Å². The van der Waals surface area contributed by atoms with Crippen molar-refractivity contribution in [2.75, 3.05) is 27.5 Å². The van der Waals surface area contributed by atoms with Gasteiger partial charge in [0.2, 0.25) is 10.0 Å². The van der Waals surface area contributed by atoms with Crippen molar-refractivity contribution in [2.45, 2.75) is 12.1 Å². The zero-order chi connectivity index (χ0) is 28.6. The molecule has 1 heterocycles. The molecule has 0 amide bonds. The predicted octanol–water partition coefficient (Wildman–Crippen LogP) is 1.32. The third kappa shape index (κ3) is 3.59. The Bertz CT molecular complexity index is 1280. The molecule has 0 unspecified atom stereocenters. The molecule has 2 aromatic rings. The average Bonchev–Trinajstić information content (AvgIpc) is 2.94. The number of H-pyrrole nitrogens is 1. The van der Waals surface area contributed by atoms with Crippen molar-refractivity contribution < 1.29 is 30.4 Å². The number of nitrogens with zero attached hydrogens (tertiary/aromatic N) is 1. The van der Waals surface area contributed by atoms with Gasteiger partial charge in [-0.05, 0) is 50.6 Å². The lowest BCUT2D eigenvalue weighted by Gasteiger charge is -2.08. The van der Waals surface area contributed by atoms with Gasteiger partial charge in [-0.2, -0.15) is 0 Å². The van der Waals surface area contributed by atoms with Gasteiger partial charge in [0.15, 0.2) is 1.41 Å². The molecule has 2 N–H and O–H groups in total. The summed E-state index contributed by atoms with van der Waals surface area (Å²) in [5.41, 5.74) is -6.66. The molecule has 0 aliphatic heterocycles. The summed E-state index contributed by atoms with van der Waals surface area (Å²) in [7, 11) is -4.55. The van der Waals surface area contributed by atoms with Crippen LogP contribution in [0.3, 0.4) is 0 Å². The SMILES string of the molecule is [2H]c1c(C([2H])([2H])S(=O)(=O)N([2H])C)c([2H])c2c(C([2H])([2H])CN(C([2H])([2H])[2H])C([2H])([2H])[2H])c([2H])n([2H])c2c1[2H]. The molecule has 6 heteroatoms. The standard InChI is InChI=1S/C14H21N3O2S/c1-15-20(18,19)10-11-4-5-14-13(8-11)12(9-16-14)6-7-17(2)3/h4-5,8-9,15-16H,6-7,10H2,1-3H3/i2D3,3D3,4D,5D,6D2,8D,9D,10D2/hD2. The highest BCUT2D eigenvalue weighted by Crippen LogP contribution is 2.21. The maximum absolute atomic E-state index is 12.5. The quantitative estimate of drug-likeness (QED) is 0.845. The molecule has 20 heavy (non-hydrogen) atoms. The van der Waals surface area contributed by atoms with Crippen molar-refractivity contribution in [2.24, 2.45) is 0 Å². The maximum Gasteiger partial charge on any atom is 0.215 e. The van der Waals surface area contributed by atoms with E-state index in [-0.39, 0.29) is 14.6 Å². The molecule has 0 aliphatic carbocycles. The molecule has 0 atom stereocenters. The van der Waals surface area contributed by atoms with Gasteiger partial charge in [0.25, 0.3) is 0 Å². The Morgan fingerprint density at radius 3 is 3.10 bits per heavy atom. The average molecular weight is 312 g/mol. The third-order valence-electron chi connectivity index (χ3n) is 2.21. The van der Waals surface area contributed by atoms with Crippen LogP contribution in [-0.4, -0.2) is 45.8 Å². The number of benzene rings is 1. The first kappa shape index (κ1) is 4.56. The fourth-order valence-corrected chi connectivity index (χ4v) is 1.80. The largest absolute Gasteiger partial charge is 0.361 e. The summed E-state index contributed by atoms with van der Waals surface area (Å²) in [6, 6.07) is -3.42. The van der Waals surface area contributed by atoms with Crippen molar-refractivity contribution in [3.8, 4) is 0 Å². The first-order valence-electron chi connectivity index (χ1n) is 13.1. The van der Waals surface area contributed by atoms with Crippen LogP contribution < -0.4 is 4.72 Å². The summed E-state index contributed by atoms with van der Waals surface area (Å²) < 4.78 is 151. The number of sulfonamides is 1. The highest BCUT2D eigenvalue weighted by atomic mass is 32.2. The summed E-state index contributed by atoms with van der Waals surface area (Å²) >= 11 is 0. The van der Waals surface area contributed by atoms with E-state index in [2.05, 4.69) is 0 Å². The first-order chi connectivity index (χ1) is 15.8. The molecule has 0 spiro atoms. The lowest BCUT2D eigenvalue weighted by atomic mass is 10.1. The van der Waals surface area contributed by atoms with Crippen molar-refractivity contribution in [1.82, 2.24) is 14.6 Å². The van der Waals surface area contributed by atoms with Crippen LogP contribution in [0.5, 0.6) is 0 Å². The molecule has 0 saturated heterocycles. The summed E-state index contributed by atoms with van der Waals surface area (Å²) in [5, 5.41) is -0.848. The van der Waals surface area contributed by atoms with Gasteiger partial charge in [0, 0.05) is 37.3 Å². The molecule has 0 bridgehead atoms. The number of hydrogen-bond acceptors (Lipinski definition) is 3. The van der Waals surface area contributed by atoms with Gasteiger partial charge >= 0.3 is 0 Å². The van der Waals surface area contributed by atoms with Crippen molar-refractivity contribution in [3.05, 3.63) is 35.4 Å². The van der Waals surface area contributed by atoms with Gasteiger partial charge in [0.05, 0.1) is 11.2 Å². The first-order valence-corrected chi connectivity index (χ1v) is 6.67. The minimum Gasteiger partial charge on any atom is -0.361 e. The molecular weight excluding hydrogens is 274 g/mol. The normalized spacial score (nSPS) is 26.9. The van der Waals surface area contributed by atoms with E-state index in [0.717, 1.165) is 0 Å². The van der Waals surface area contributed by atoms with Crippen LogP contribution in [0.25, 0.3) is 10.9 Å². The number of likely N-dealkylation sites (N-methyl/N-ethyl adjacent to an activating group) is 1. The van der Waals surface area contributed by atoms with Crippen LogP contribution >= 0.6 is 0 Å². The molecule has 5 nitrogen and oxygen atoms in total. The summed E-state index contributed by atoms with van der Waals surface area (Å²) in [4.78, 5) is -0.0449. The summed E-state index contributed by atoms with van der Waals surface area (Å²) in [6.45, 7) is -8.13. The Hall–Kier alpha value is -1.37. The van der Waals surface area contributed by atoms with Gasteiger partial charge in [-0.25, -0.2) is 13.1 Å². The third-order valence-corrected chi connectivity index (χ3v) is 3.15. The van der Waals surface area contributed by atoms with E-state index in [4.69, 9.17) is 22.0 Å². The van der Waals surface area contributed by atoms with Crippen molar-refractivity contribution in [3.63, 3.8) is 0 Å². The van der Waals surface area contributed by atoms with E-state index in [9.17, 15) is 8.42 Å². The molecule has 2 rings (SSSR count). The van der Waals surface area contributed by atoms with Crippen LogP contribution in [0.1, 0.15) is 30.3 Å². The monoisotopic (exact) mass is 311 g/mol. The molecule has 0 fully saturated rings. The molecule has 0 radical (unpaired) electrons. The molecule has 110 valence electrons. The molecule has 0 saturated carbocycles. The van der Waals surface area contributed by atoms with Gasteiger partial charge in [-0.3, -0.25) is 0 Å². The predicted molar refractivity (Wildman–Crippen MR) is 82.2 cm³/mol. The van der Waals surface area contributed by atoms with Gasteiger partial charge < -0.3 is 9.88 Å². The number of aromatic nitrogens is 1. The van der Waals surface area contributed by atoms with Crippen LogP contribution in [0.4, 0.5) is 0 Å². The Balaban J connectivity index is 3.04. The minimum atomic E-state index is -5.21. The smallest absolute Gasteiger partial charge is 0.215 e. The lowest BCUT2D eigenvalue weighted by molar-refractivity contribution is 0.414. The Morgan fingerprint density at radius 1 is 1.60 bits per heavy atom. The number of hydrogen-bond donors (Lipinski definition) is 2. The highest BCUT2D eigenvalue weighted by molar-refractivity contribution is 7.88. The van der Waals surface area contributed by atoms with Crippen molar-refractivity contribution >= 4 is 20.9 Å². The second-order valence-electron chi connectivity index (χ2n) is 3.59. The topological polar surface area (TPSA) is 65.2 Å². The molecular formula is C14H21N3O2S. The van der Waals surface area contributed by atoms with Gasteiger partial charge in [0.1, 0.15) is 1.41 Å². The highest BCUT2D eigenvalue weighted by Gasteiger charge is 2.11. The number of aromatic amines is 1. The number of rotatable bonds is 6. The molecule has 1 aromatic heterocycles. The van der Waals surface area contributed by atoms with Crippen LogP contribution in [0.2, 0.25) is 2.82 Å². The Morgan fingerprint density at radius 2 is 2.40 bits per heavy atom. The van der Waals surface area contributed by atoms with E-state index < -0.39 is 88.9 Å². The molecule has 0 aliphatic rings. The van der Waals surface area contributed by atoms with E-state index in [1.165, 1.54) is 0 Å². The second-order valence-corrected chi connectivity index (χ2v) is 5.11. The number of nitrogens with one attached hydrogen (secondary N) is 2. The van der Waals surface area contributed by atoms with Crippen LogP contribution in [0.15, 0.2) is 24.3 Å². The van der Waals surface area contributed by atoms with Crippen molar-refractivity contribution in [1.29, 1.82) is 0 Å². The fourth-order valence-electron chi connectivity index (χ4n) is 1.34. The maximum atomic E-state index is 12.5. The van der Waals surface area contributed by atoms with Crippen LogP contribution in [-0.2, 0) is 22.1 Å². The van der Waals surface area contributed by atoms with E-state index >= 15 is 0 Å². The fraction of sp³-hybridized carbons (Fsp3) is 0.429. The van der Waals surface area contributed by atoms with E-state index in [1.807, 2.05) is 0 Å². The van der Waals surface area contributed by atoms with Gasteiger partial charge in [-0.1, -0.05) is 6.04 Å². The number of fused-ring (bicyclic) bond motifs is 1. The summed E-state index contributed by atoms with van der Waals surface area (Å²) in [5.74, 6) is 0. The minimum absolute atomic E-state index is 0.125. The Kier molecular flexibility index (Phi) is 1.36. The summed E-state index contributed by atoms with van der Waals surface area (Å²) in [6.07, 6.45) is -4.18. The molecule has 1 aromatic carbocycles.